The number of thiophene rings is 2. The van der Waals surface area contributed by atoms with Crippen molar-refractivity contribution in [1.82, 2.24) is 0 Å². The van der Waals surface area contributed by atoms with Crippen molar-refractivity contribution in [3.05, 3.63) is 133 Å². The highest BCUT2D eigenvalue weighted by molar-refractivity contribution is 8.03. The number of allylic oxidation sites excluding steroid dienone is 5. The first-order chi connectivity index (χ1) is 22.2. The van der Waals surface area contributed by atoms with Crippen molar-refractivity contribution >= 4 is 78.4 Å². The smallest absolute Gasteiger partial charge is 0.0355 e. The standard InChI is InChI=1S/C42H30S3/c1-4-10-37-31(7-1)34-22-25(13-16-40(34)43-37)28-19-29(26-14-17-41-35(23-26)32-8-2-5-11-38(32)44-41)21-30(20-28)27-15-18-42-36(24-27)33-9-3-6-12-39(33)45-42/h1-2,4-5,7,9-12,14-15,17-24,32H,3,6,8,13,16H2. The zero-order chi connectivity index (χ0) is 29.5. The molecule has 0 N–H and O–H groups in total. The van der Waals surface area contributed by atoms with Gasteiger partial charge in [0.25, 0.3) is 0 Å². The van der Waals surface area contributed by atoms with Gasteiger partial charge in [-0.05, 0) is 147 Å². The van der Waals surface area contributed by atoms with Crippen LogP contribution in [0.1, 0.15) is 53.2 Å². The van der Waals surface area contributed by atoms with Crippen molar-refractivity contribution in [2.45, 2.75) is 42.9 Å². The van der Waals surface area contributed by atoms with Crippen LogP contribution in [0.25, 0.3) is 66.2 Å². The van der Waals surface area contributed by atoms with E-state index in [1.807, 2.05) is 34.4 Å². The zero-order valence-electron chi connectivity index (χ0n) is 24.8. The maximum Gasteiger partial charge on any atom is 0.0355 e. The topological polar surface area (TPSA) is 0 Å². The summed E-state index contributed by atoms with van der Waals surface area (Å²) in [7, 11) is 0. The maximum atomic E-state index is 2.49. The van der Waals surface area contributed by atoms with E-state index in [1.165, 1.54) is 89.1 Å². The first kappa shape index (κ1) is 26.3. The van der Waals surface area contributed by atoms with Gasteiger partial charge in [0.2, 0.25) is 0 Å². The lowest BCUT2D eigenvalue weighted by atomic mass is 9.86. The highest BCUT2D eigenvalue weighted by Crippen LogP contribution is 2.52. The van der Waals surface area contributed by atoms with Crippen molar-refractivity contribution in [3.8, 4) is 22.3 Å². The molecule has 0 saturated heterocycles. The minimum absolute atomic E-state index is 0.504. The van der Waals surface area contributed by atoms with Crippen molar-refractivity contribution in [2.24, 2.45) is 0 Å². The van der Waals surface area contributed by atoms with Gasteiger partial charge < -0.3 is 0 Å². The molecular formula is C42H30S3. The lowest BCUT2D eigenvalue weighted by Crippen LogP contribution is -2.20. The number of hydrogen-bond acceptors (Lipinski definition) is 3. The highest BCUT2D eigenvalue weighted by Gasteiger charge is 2.29. The number of benzene rings is 4. The molecule has 1 atom stereocenters. The van der Waals surface area contributed by atoms with Gasteiger partial charge in [0.15, 0.2) is 0 Å². The van der Waals surface area contributed by atoms with Crippen molar-refractivity contribution in [2.75, 3.05) is 0 Å². The van der Waals surface area contributed by atoms with Crippen LogP contribution in [0, 0.1) is 0 Å². The number of aryl methyl sites for hydroxylation is 1. The SMILES string of the molecule is C1=CCC2C(=C1)Sc1ccc(-c3cc(C4=Cc5c(sc6ccccc56)CC4)cc(-c4ccc5sc6c(c5c4)=CCCC=6)c3)cc12. The van der Waals surface area contributed by atoms with Crippen molar-refractivity contribution < 1.29 is 0 Å². The molecule has 0 saturated carbocycles. The van der Waals surface area contributed by atoms with E-state index >= 15 is 0 Å². The molecule has 0 amide bonds. The molecule has 1 unspecified atom stereocenters. The summed E-state index contributed by atoms with van der Waals surface area (Å²) in [5.74, 6) is 0.504. The first-order valence-corrected chi connectivity index (χ1v) is 18.5. The van der Waals surface area contributed by atoms with Crippen LogP contribution in [0.4, 0.5) is 0 Å². The van der Waals surface area contributed by atoms with E-state index in [4.69, 9.17) is 0 Å². The number of rotatable bonds is 3. The van der Waals surface area contributed by atoms with Crippen LogP contribution >= 0.6 is 34.4 Å². The average molecular weight is 631 g/mol. The van der Waals surface area contributed by atoms with Gasteiger partial charge in [-0.25, -0.2) is 0 Å². The number of thioether (sulfide) groups is 1. The van der Waals surface area contributed by atoms with Gasteiger partial charge in [-0.3, -0.25) is 0 Å². The minimum Gasteiger partial charge on any atom is -0.140 e. The molecule has 3 heteroatoms. The predicted molar refractivity (Wildman–Crippen MR) is 199 cm³/mol. The fourth-order valence-electron chi connectivity index (χ4n) is 7.66. The van der Waals surface area contributed by atoms with E-state index < -0.39 is 0 Å². The largest absolute Gasteiger partial charge is 0.140 e. The Hall–Kier alpha value is -3.89. The van der Waals surface area contributed by atoms with Gasteiger partial charge in [0.1, 0.15) is 0 Å². The molecule has 4 aromatic carbocycles. The molecule has 0 radical (unpaired) electrons. The van der Waals surface area contributed by atoms with Crippen LogP contribution in [-0.2, 0) is 6.42 Å². The average Bonchev–Trinajstić information content (AvgIpc) is 3.78. The minimum atomic E-state index is 0.504. The molecule has 3 aliphatic carbocycles. The third-order valence-electron chi connectivity index (χ3n) is 9.95. The van der Waals surface area contributed by atoms with Crippen molar-refractivity contribution in [3.63, 3.8) is 0 Å². The third kappa shape index (κ3) is 4.32. The molecule has 10 rings (SSSR count). The summed E-state index contributed by atoms with van der Waals surface area (Å²) in [6.45, 7) is 0. The molecule has 45 heavy (non-hydrogen) atoms. The van der Waals surface area contributed by atoms with E-state index in [0.29, 0.717) is 5.92 Å². The summed E-state index contributed by atoms with van der Waals surface area (Å²) < 4.78 is 4.23. The molecule has 1 aliphatic heterocycles. The summed E-state index contributed by atoms with van der Waals surface area (Å²) in [6, 6.07) is 30.6. The van der Waals surface area contributed by atoms with Crippen LogP contribution in [-0.4, -0.2) is 0 Å². The summed E-state index contributed by atoms with van der Waals surface area (Å²) in [6.07, 6.45) is 19.8. The Kier molecular flexibility index (Phi) is 6.04. The Labute approximate surface area is 275 Å². The van der Waals surface area contributed by atoms with Crippen LogP contribution < -0.4 is 9.75 Å². The van der Waals surface area contributed by atoms with Gasteiger partial charge in [-0.2, -0.15) is 0 Å². The Morgan fingerprint density at radius 1 is 0.667 bits per heavy atom. The number of hydrogen-bond donors (Lipinski definition) is 0. The molecule has 0 fully saturated rings. The van der Waals surface area contributed by atoms with Gasteiger partial charge in [0, 0.05) is 35.0 Å². The Balaban J connectivity index is 1.16. The molecule has 0 spiro atoms. The molecule has 4 aliphatic rings. The predicted octanol–water partition coefficient (Wildman–Crippen LogP) is 11.3. The summed E-state index contributed by atoms with van der Waals surface area (Å²) in [4.78, 5) is 4.44. The Morgan fingerprint density at radius 2 is 1.49 bits per heavy atom. The maximum absolute atomic E-state index is 2.49. The van der Waals surface area contributed by atoms with E-state index in [-0.39, 0.29) is 0 Å². The van der Waals surface area contributed by atoms with Crippen LogP contribution in [0.2, 0.25) is 0 Å². The molecule has 2 aromatic heterocycles. The van der Waals surface area contributed by atoms with Gasteiger partial charge in [0.05, 0.1) is 0 Å². The fourth-order valence-corrected chi connectivity index (χ4v) is 11.2. The Morgan fingerprint density at radius 3 is 2.44 bits per heavy atom. The normalized spacial score (nSPS) is 18.0. The molecule has 0 bridgehead atoms. The second-order valence-electron chi connectivity index (χ2n) is 12.6. The van der Waals surface area contributed by atoms with Crippen LogP contribution in [0.15, 0.2) is 107 Å². The number of fused-ring (bicyclic) bond motifs is 9. The van der Waals surface area contributed by atoms with E-state index in [9.17, 15) is 0 Å². The summed E-state index contributed by atoms with van der Waals surface area (Å²) >= 11 is 5.86. The van der Waals surface area contributed by atoms with E-state index in [2.05, 4.69) is 115 Å². The monoisotopic (exact) mass is 630 g/mol. The zero-order valence-corrected chi connectivity index (χ0v) is 27.3. The van der Waals surface area contributed by atoms with Crippen LogP contribution in [0.5, 0.6) is 0 Å². The fraction of sp³-hybridized carbons (Fsp3) is 0.143. The lowest BCUT2D eigenvalue weighted by molar-refractivity contribution is 0.838. The second-order valence-corrected chi connectivity index (χ2v) is 16.0. The van der Waals surface area contributed by atoms with Crippen molar-refractivity contribution in [1.29, 1.82) is 0 Å². The molecule has 3 heterocycles. The van der Waals surface area contributed by atoms with Gasteiger partial charge >= 0.3 is 0 Å². The van der Waals surface area contributed by atoms with Gasteiger partial charge in [-0.15, -0.1) is 22.7 Å². The Bertz CT molecular complexity index is 2440. The lowest BCUT2D eigenvalue weighted by Gasteiger charge is -2.18. The van der Waals surface area contributed by atoms with Gasteiger partial charge in [-0.1, -0.05) is 72.5 Å². The quantitative estimate of drug-likeness (QED) is 0.187. The molecule has 216 valence electrons. The molecule has 6 aromatic rings. The molecule has 0 nitrogen and oxygen atoms in total. The highest BCUT2D eigenvalue weighted by atomic mass is 32.2. The molecular weight excluding hydrogens is 601 g/mol. The van der Waals surface area contributed by atoms with Crippen LogP contribution in [0.3, 0.4) is 0 Å². The first-order valence-electron chi connectivity index (χ1n) is 16.0. The van der Waals surface area contributed by atoms with E-state index in [1.54, 1.807) is 0 Å². The summed E-state index contributed by atoms with van der Waals surface area (Å²) in [5, 5.41) is 4.24. The second kappa shape index (κ2) is 10.3. The summed E-state index contributed by atoms with van der Waals surface area (Å²) in [5.41, 5.74) is 11.0. The third-order valence-corrected chi connectivity index (χ3v) is 13.6. The van der Waals surface area contributed by atoms with E-state index in [0.717, 1.165) is 32.1 Å².